The van der Waals surface area contributed by atoms with Crippen LogP contribution in [0.3, 0.4) is 0 Å². The Bertz CT molecular complexity index is 421. The van der Waals surface area contributed by atoms with Crippen LogP contribution in [0.15, 0.2) is 23.2 Å². The highest BCUT2D eigenvalue weighted by atomic mass is 32.1. The Hall–Kier alpha value is -1.22. The number of nitrogens with zero attached hydrogens (tertiary/aromatic N) is 2. The van der Waals surface area contributed by atoms with Crippen molar-refractivity contribution < 1.29 is 4.74 Å². The van der Waals surface area contributed by atoms with Gasteiger partial charge in [-0.15, -0.1) is 0 Å². The first kappa shape index (κ1) is 11.3. The zero-order chi connectivity index (χ0) is 11.4. The second kappa shape index (κ2) is 5.21. The van der Waals surface area contributed by atoms with E-state index in [4.69, 9.17) is 4.74 Å². The van der Waals surface area contributed by atoms with Crippen LogP contribution in [0.25, 0.3) is 0 Å². The number of benzene rings is 1. The van der Waals surface area contributed by atoms with E-state index in [1.807, 2.05) is 13.0 Å². The molecule has 3 nitrogen and oxygen atoms in total. The molecule has 0 radical (unpaired) electrons. The summed E-state index contributed by atoms with van der Waals surface area (Å²) in [5, 5.41) is 2.44. The standard InChI is InChI=1S/C12H14N2OS/c1-10-2-3-12(11(8-10)13-9-16)14-4-6-15-7-5-14/h2-3,8H,4-7H2,1H3. The summed E-state index contributed by atoms with van der Waals surface area (Å²) in [6.07, 6.45) is 0. The Morgan fingerprint density at radius 1 is 1.38 bits per heavy atom. The van der Waals surface area contributed by atoms with Crippen LogP contribution in [0.1, 0.15) is 5.56 Å². The van der Waals surface area contributed by atoms with Crippen LogP contribution in [0, 0.1) is 6.92 Å². The molecule has 0 unspecified atom stereocenters. The minimum absolute atomic E-state index is 0.772. The lowest BCUT2D eigenvalue weighted by atomic mass is 10.1. The molecule has 1 heterocycles. The minimum atomic E-state index is 0.772. The number of hydrogen-bond acceptors (Lipinski definition) is 4. The first-order valence-electron chi connectivity index (χ1n) is 5.32. The van der Waals surface area contributed by atoms with Gasteiger partial charge in [0.15, 0.2) is 0 Å². The number of rotatable bonds is 2. The molecule has 1 aliphatic rings. The van der Waals surface area contributed by atoms with E-state index in [1.54, 1.807) is 0 Å². The zero-order valence-electron chi connectivity index (χ0n) is 9.27. The number of thiocarbonyl (C=S) groups is 1. The third-order valence-electron chi connectivity index (χ3n) is 2.65. The SMILES string of the molecule is Cc1ccc(N2CCOCC2)c(N=C=S)c1. The van der Waals surface area contributed by atoms with Crippen molar-refractivity contribution in [2.24, 2.45) is 4.99 Å². The Balaban J connectivity index is 2.34. The van der Waals surface area contributed by atoms with Gasteiger partial charge in [0.05, 0.1) is 29.7 Å². The number of ether oxygens (including phenoxy) is 1. The van der Waals surface area contributed by atoms with Crippen molar-refractivity contribution in [1.82, 2.24) is 0 Å². The van der Waals surface area contributed by atoms with Crippen LogP contribution in [0.5, 0.6) is 0 Å². The van der Waals surface area contributed by atoms with Gasteiger partial charge >= 0.3 is 0 Å². The van der Waals surface area contributed by atoms with Crippen molar-refractivity contribution in [2.75, 3.05) is 31.2 Å². The summed E-state index contributed by atoms with van der Waals surface area (Å²) in [6.45, 7) is 5.40. The maximum Gasteiger partial charge on any atom is 0.0975 e. The van der Waals surface area contributed by atoms with E-state index in [-0.39, 0.29) is 0 Å². The molecule has 0 N–H and O–H groups in total. The highest BCUT2D eigenvalue weighted by Crippen LogP contribution is 2.29. The second-order valence-electron chi connectivity index (χ2n) is 3.79. The molecule has 16 heavy (non-hydrogen) atoms. The summed E-state index contributed by atoms with van der Waals surface area (Å²) >= 11 is 4.68. The van der Waals surface area contributed by atoms with E-state index in [0.29, 0.717) is 0 Å². The molecule has 84 valence electrons. The molecule has 1 aromatic carbocycles. The maximum absolute atomic E-state index is 5.34. The van der Waals surface area contributed by atoms with Crippen LogP contribution in [0.2, 0.25) is 0 Å². The Morgan fingerprint density at radius 2 is 2.12 bits per heavy atom. The summed E-state index contributed by atoms with van der Waals surface area (Å²) in [5.41, 5.74) is 3.20. The number of morpholine rings is 1. The fourth-order valence-corrected chi connectivity index (χ4v) is 1.94. The van der Waals surface area contributed by atoms with E-state index >= 15 is 0 Å². The van der Waals surface area contributed by atoms with Gasteiger partial charge in [-0.1, -0.05) is 6.07 Å². The predicted octanol–water partition coefficient (Wildman–Crippen LogP) is 2.57. The highest BCUT2D eigenvalue weighted by molar-refractivity contribution is 7.78. The van der Waals surface area contributed by atoms with Crippen LogP contribution >= 0.6 is 12.2 Å². The lowest BCUT2D eigenvalue weighted by Crippen LogP contribution is -2.36. The largest absolute Gasteiger partial charge is 0.378 e. The first-order valence-corrected chi connectivity index (χ1v) is 5.73. The summed E-state index contributed by atoms with van der Waals surface area (Å²) in [5.74, 6) is 0. The normalized spacial score (nSPS) is 15.7. The molecule has 0 amide bonds. The first-order chi connectivity index (χ1) is 7.81. The minimum Gasteiger partial charge on any atom is -0.378 e. The van der Waals surface area contributed by atoms with Crippen molar-refractivity contribution in [3.05, 3.63) is 23.8 Å². The lowest BCUT2D eigenvalue weighted by Gasteiger charge is -2.29. The number of anilines is 1. The van der Waals surface area contributed by atoms with Gasteiger partial charge in [-0.05, 0) is 36.8 Å². The lowest BCUT2D eigenvalue weighted by molar-refractivity contribution is 0.123. The number of hydrogen-bond donors (Lipinski definition) is 0. The van der Waals surface area contributed by atoms with E-state index in [2.05, 4.69) is 39.4 Å². The van der Waals surface area contributed by atoms with Gasteiger partial charge in [0.1, 0.15) is 0 Å². The Labute approximate surface area is 101 Å². The van der Waals surface area contributed by atoms with Gasteiger partial charge in [0.2, 0.25) is 0 Å². The second-order valence-corrected chi connectivity index (χ2v) is 3.98. The van der Waals surface area contributed by atoms with Crippen molar-refractivity contribution in [1.29, 1.82) is 0 Å². The van der Waals surface area contributed by atoms with Crippen LogP contribution in [0.4, 0.5) is 11.4 Å². The van der Waals surface area contributed by atoms with E-state index < -0.39 is 0 Å². The molecule has 1 aromatic rings. The molecule has 1 saturated heterocycles. The van der Waals surface area contributed by atoms with Gasteiger partial charge in [0, 0.05) is 13.1 Å². The maximum atomic E-state index is 5.34. The quantitative estimate of drug-likeness (QED) is 0.581. The number of aliphatic imine (C=N–C) groups is 1. The van der Waals surface area contributed by atoms with Gasteiger partial charge < -0.3 is 9.64 Å². The number of isothiocyanates is 1. The van der Waals surface area contributed by atoms with E-state index in [0.717, 1.165) is 37.7 Å². The van der Waals surface area contributed by atoms with Crippen molar-refractivity contribution >= 4 is 28.8 Å². The van der Waals surface area contributed by atoms with Crippen molar-refractivity contribution in [3.63, 3.8) is 0 Å². The molecule has 0 bridgehead atoms. The van der Waals surface area contributed by atoms with Gasteiger partial charge in [-0.3, -0.25) is 0 Å². The van der Waals surface area contributed by atoms with Crippen LogP contribution in [-0.2, 0) is 4.74 Å². The molecule has 1 aliphatic heterocycles. The number of aryl methyl sites for hydroxylation is 1. The van der Waals surface area contributed by atoms with Crippen LogP contribution in [-0.4, -0.2) is 31.5 Å². The third-order valence-corrected chi connectivity index (χ3v) is 2.74. The smallest absolute Gasteiger partial charge is 0.0975 e. The monoisotopic (exact) mass is 234 g/mol. The van der Waals surface area contributed by atoms with Gasteiger partial charge in [-0.25, -0.2) is 0 Å². The fraction of sp³-hybridized carbons (Fsp3) is 0.417. The fourth-order valence-electron chi connectivity index (χ4n) is 1.84. The Kier molecular flexibility index (Phi) is 3.67. The zero-order valence-corrected chi connectivity index (χ0v) is 10.1. The molecule has 2 rings (SSSR count). The summed E-state index contributed by atoms with van der Waals surface area (Å²) in [4.78, 5) is 6.40. The predicted molar refractivity (Wildman–Crippen MR) is 68.9 cm³/mol. The van der Waals surface area contributed by atoms with Gasteiger partial charge in [0.25, 0.3) is 0 Å². The average Bonchev–Trinajstić information content (AvgIpc) is 2.31. The molecular formula is C12H14N2OS. The van der Waals surface area contributed by atoms with E-state index in [1.165, 1.54) is 5.56 Å². The molecule has 0 aliphatic carbocycles. The highest BCUT2D eigenvalue weighted by Gasteiger charge is 2.14. The van der Waals surface area contributed by atoms with E-state index in [9.17, 15) is 0 Å². The molecule has 0 saturated carbocycles. The van der Waals surface area contributed by atoms with Gasteiger partial charge in [-0.2, -0.15) is 4.99 Å². The topological polar surface area (TPSA) is 24.8 Å². The average molecular weight is 234 g/mol. The molecule has 1 fully saturated rings. The molecule has 0 spiro atoms. The van der Waals surface area contributed by atoms with Crippen LogP contribution < -0.4 is 4.90 Å². The third kappa shape index (κ3) is 2.47. The summed E-state index contributed by atoms with van der Waals surface area (Å²) in [6, 6.07) is 6.21. The Morgan fingerprint density at radius 3 is 2.81 bits per heavy atom. The summed E-state index contributed by atoms with van der Waals surface area (Å²) < 4.78 is 5.34. The molecule has 0 aromatic heterocycles. The molecule has 4 heteroatoms. The van der Waals surface area contributed by atoms with Crippen molar-refractivity contribution in [3.8, 4) is 0 Å². The summed E-state index contributed by atoms with van der Waals surface area (Å²) in [7, 11) is 0. The molecular weight excluding hydrogens is 220 g/mol. The molecule has 0 atom stereocenters. The van der Waals surface area contributed by atoms with Crippen molar-refractivity contribution in [2.45, 2.75) is 6.92 Å².